The SMILES string of the molecule is CCOC(=O)c1ccc(Nc2ccnc3ccccc23)cc1. The average Bonchev–Trinajstić information content (AvgIpc) is 2.56. The third-order valence-corrected chi connectivity index (χ3v) is 3.32. The van der Waals surface area contributed by atoms with E-state index in [0.29, 0.717) is 12.2 Å². The summed E-state index contributed by atoms with van der Waals surface area (Å²) in [5.41, 5.74) is 3.38. The highest BCUT2D eigenvalue weighted by atomic mass is 16.5. The second kappa shape index (κ2) is 6.26. The molecule has 0 bridgehead atoms. The van der Waals surface area contributed by atoms with Crippen LogP contribution in [0.4, 0.5) is 11.4 Å². The molecule has 22 heavy (non-hydrogen) atoms. The van der Waals surface area contributed by atoms with Crippen LogP contribution in [0.3, 0.4) is 0 Å². The first kappa shape index (κ1) is 14.1. The molecular weight excluding hydrogens is 276 g/mol. The zero-order valence-corrected chi connectivity index (χ0v) is 12.2. The highest BCUT2D eigenvalue weighted by Crippen LogP contribution is 2.25. The first-order chi connectivity index (χ1) is 10.8. The summed E-state index contributed by atoms with van der Waals surface area (Å²) in [7, 11) is 0. The predicted molar refractivity (Wildman–Crippen MR) is 87.4 cm³/mol. The Kier molecular flexibility index (Phi) is 4.01. The molecule has 1 heterocycles. The molecule has 0 aliphatic heterocycles. The number of esters is 1. The number of fused-ring (bicyclic) bond motifs is 1. The van der Waals surface area contributed by atoms with Crippen molar-refractivity contribution < 1.29 is 9.53 Å². The van der Waals surface area contributed by atoms with Crippen LogP contribution >= 0.6 is 0 Å². The predicted octanol–water partition coefficient (Wildman–Crippen LogP) is 4.16. The van der Waals surface area contributed by atoms with Gasteiger partial charge in [0.1, 0.15) is 0 Å². The van der Waals surface area contributed by atoms with Gasteiger partial charge in [-0.15, -0.1) is 0 Å². The largest absolute Gasteiger partial charge is 0.462 e. The van der Waals surface area contributed by atoms with Gasteiger partial charge in [-0.3, -0.25) is 4.98 Å². The molecule has 0 saturated carbocycles. The summed E-state index contributed by atoms with van der Waals surface area (Å²) in [5, 5.41) is 4.41. The number of nitrogens with one attached hydrogen (secondary N) is 1. The Morgan fingerprint density at radius 2 is 1.86 bits per heavy atom. The number of hydrogen-bond acceptors (Lipinski definition) is 4. The molecule has 3 aromatic rings. The van der Waals surface area contributed by atoms with Crippen molar-refractivity contribution in [1.29, 1.82) is 0 Å². The van der Waals surface area contributed by atoms with Crippen LogP contribution in [0.15, 0.2) is 60.8 Å². The molecule has 1 aromatic heterocycles. The summed E-state index contributed by atoms with van der Waals surface area (Å²) < 4.78 is 4.98. The van der Waals surface area contributed by atoms with E-state index in [0.717, 1.165) is 22.3 Å². The van der Waals surface area contributed by atoms with Gasteiger partial charge in [0, 0.05) is 23.0 Å². The molecule has 1 N–H and O–H groups in total. The van der Waals surface area contributed by atoms with Gasteiger partial charge >= 0.3 is 5.97 Å². The number of pyridine rings is 1. The van der Waals surface area contributed by atoms with Crippen molar-refractivity contribution in [3.05, 3.63) is 66.4 Å². The minimum Gasteiger partial charge on any atom is -0.462 e. The summed E-state index contributed by atoms with van der Waals surface area (Å²) in [6.45, 7) is 2.17. The van der Waals surface area contributed by atoms with Crippen LogP contribution in [0.2, 0.25) is 0 Å². The van der Waals surface area contributed by atoms with E-state index in [1.165, 1.54) is 0 Å². The number of nitrogens with zero attached hydrogens (tertiary/aromatic N) is 1. The van der Waals surface area contributed by atoms with Crippen molar-refractivity contribution in [2.24, 2.45) is 0 Å². The topological polar surface area (TPSA) is 51.2 Å². The van der Waals surface area contributed by atoms with Crippen molar-refractivity contribution in [1.82, 2.24) is 4.98 Å². The first-order valence-corrected chi connectivity index (χ1v) is 7.16. The van der Waals surface area contributed by atoms with Crippen molar-refractivity contribution in [3.8, 4) is 0 Å². The van der Waals surface area contributed by atoms with Crippen molar-refractivity contribution in [2.45, 2.75) is 6.92 Å². The van der Waals surface area contributed by atoms with E-state index in [1.807, 2.05) is 42.5 Å². The number of carbonyl (C=O) groups is 1. The van der Waals surface area contributed by atoms with Crippen molar-refractivity contribution in [2.75, 3.05) is 11.9 Å². The van der Waals surface area contributed by atoms with Crippen LogP contribution in [0.1, 0.15) is 17.3 Å². The fourth-order valence-corrected chi connectivity index (χ4v) is 2.26. The molecule has 0 spiro atoms. The molecule has 0 saturated heterocycles. The van der Waals surface area contributed by atoms with E-state index in [4.69, 9.17) is 4.74 Å². The number of hydrogen-bond donors (Lipinski definition) is 1. The van der Waals surface area contributed by atoms with Gasteiger partial charge < -0.3 is 10.1 Å². The fourth-order valence-electron chi connectivity index (χ4n) is 2.26. The molecule has 2 aromatic carbocycles. The van der Waals surface area contributed by atoms with Gasteiger partial charge in [-0.25, -0.2) is 4.79 Å². The number of anilines is 2. The Labute approximate surface area is 128 Å². The molecule has 0 atom stereocenters. The number of para-hydroxylation sites is 1. The van der Waals surface area contributed by atoms with Gasteiger partial charge in [-0.1, -0.05) is 18.2 Å². The maximum absolute atomic E-state index is 11.6. The summed E-state index contributed by atoms with van der Waals surface area (Å²) in [4.78, 5) is 16.0. The highest BCUT2D eigenvalue weighted by molar-refractivity contribution is 5.93. The van der Waals surface area contributed by atoms with Gasteiger partial charge in [-0.05, 0) is 43.3 Å². The molecular formula is C18H16N2O2. The number of rotatable bonds is 4. The zero-order chi connectivity index (χ0) is 15.4. The van der Waals surface area contributed by atoms with E-state index in [9.17, 15) is 4.79 Å². The normalized spacial score (nSPS) is 10.4. The van der Waals surface area contributed by atoms with Gasteiger partial charge in [0.15, 0.2) is 0 Å². The molecule has 0 unspecified atom stereocenters. The standard InChI is InChI=1S/C18H16N2O2/c1-2-22-18(21)13-7-9-14(10-8-13)20-17-11-12-19-16-6-4-3-5-15(16)17/h3-12H,2H2,1H3,(H,19,20). The summed E-state index contributed by atoms with van der Waals surface area (Å²) >= 11 is 0. The molecule has 3 rings (SSSR count). The van der Waals surface area contributed by atoms with E-state index in [1.54, 1.807) is 25.3 Å². The Morgan fingerprint density at radius 1 is 1.09 bits per heavy atom. The van der Waals surface area contributed by atoms with Gasteiger partial charge in [0.25, 0.3) is 0 Å². The van der Waals surface area contributed by atoms with E-state index >= 15 is 0 Å². The average molecular weight is 292 g/mol. The quantitative estimate of drug-likeness (QED) is 0.734. The Bertz CT molecular complexity index is 792. The first-order valence-electron chi connectivity index (χ1n) is 7.16. The molecule has 0 aliphatic rings. The number of aromatic nitrogens is 1. The van der Waals surface area contributed by atoms with E-state index < -0.39 is 0 Å². The lowest BCUT2D eigenvalue weighted by Gasteiger charge is -2.10. The fraction of sp³-hybridized carbons (Fsp3) is 0.111. The number of benzene rings is 2. The molecule has 0 fully saturated rings. The number of carbonyl (C=O) groups excluding carboxylic acids is 1. The van der Waals surface area contributed by atoms with Gasteiger partial charge in [0.2, 0.25) is 0 Å². The van der Waals surface area contributed by atoms with Crippen LogP contribution in [0, 0.1) is 0 Å². The Balaban J connectivity index is 1.85. The smallest absolute Gasteiger partial charge is 0.338 e. The minimum atomic E-state index is -0.302. The zero-order valence-electron chi connectivity index (χ0n) is 12.2. The molecule has 0 amide bonds. The lowest BCUT2D eigenvalue weighted by Crippen LogP contribution is -2.04. The second-order valence-corrected chi connectivity index (χ2v) is 4.80. The Morgan fingerprint density at radius 3 is 2.64 bits per heavy atom. The van der Waals surface area contributed by atoms with Crippen molar-refractivity contribution in [3.63, 3.8) is 0 Å². The molecule has 0 aliphatic carbocycles. The molecule has 0 radical (unpaired) electrons. The van der Waals surface area contributed by atoms with E-state index in [2.05, 4.69) is 10.3 Å². The maximum Gasteiger partial charge on any atom is 0.338 e. The maximum atomic E-state index is 11.6. The van der Waals surface area contributed by atoms with Gasteiger partial charge in [0.05, 0.1) is 17.7 Å². The minimum absolute atomic E-state index is 0.302. The highest BCUT2D eigenvalue weighted by Gasteiger charge is 2.06. The van der Waals surface area contributed by atoms with E-state index in [-0.39, 0.29) is 5.97 Å². The number of ether oxygens (including phenoxy) is 1. The van der Waals surface area contributed by atoms with Crippen LogP contribution in [0.25, 0.3) is 10.9 Å². The van der Waals surface area contributed by atoms with Crippen molar-refractivity contribution >= 4 is 28.2 Å². The third-order valence-electron chi connectivity index (χ3n) is 3.32. The molecule has 4 nitrogen and oxygen atoms in total. The lowest BCUT2D eigenvalue weighted by molar-refractivity contribution is 0.0526. The molecule has 110 valence electrons. The lowest BCUT2D eigenvalue weighted by atomic mass is 10.1. The van der Waals surface area contributed by atoms with Gasteiger partial charge in [-0.2, -0.15) is 0 Å². The monoisotopic (exact) mass is 292 g/mol. The summed E-state index contributed by atoms with van der Waals surface area (Å²) in [5.74, 6) is -0.302. The summed E-state index contributed by atoms with van der Waals surface area (Å²) in [6.07, 6.45) is 1.78. The summed E-state index contributed by atoms with van der Waals surface area (Å²) in [6, 6.07) is 17.1. The van der Waals surface area contributed by atoms with Crippen LogP contribution < -0.4 is 5.32 Å². The van der Waals surface area contributed by atoms with Crippen LogP contribution in [-0.4, -0.2) is 17.6 Å². The molecule has 4 heteroatoms. The van der Waals surface area contributed by atoms with Crippen LogP contribution in [-0.2, 0) is 4.74 Å². The van der Waals surface area contributed by atoms with Crippen LogP contribution in [0.5, 0.6) is 0 Å². The Hall–Kier alpha value is -2.88. The second-order valence-electron chi connectivity index (χ2n) is 4.80. The third kappa shape index (κ3) is 2.91.